The summed E-state index contributed by atoms with van der Waals surface area (Å²) < 4.78 is 0. The second-order valence-corrected chi connectivity index (χ2v) is 5.50. The molecule has 18 heavy (non-hydrogen) atoms. The van der Waals surface area contributed by atoms with Gasteiger partial charge in [-0.05, 0) is 33.7 Å². The van der Waals surface area contributed by atoms with E-state index in [1.165, 1.54) is 16.7 Å². The lowest BCUT2D eigenvalue weighted by Crippen LogP contribution is -2.14. The smallest absolute Gasteiger partial charge is 0.0102 e. The Balaban J connectivity index is 2.72. The average molecular weight is 235 g/mol. The van der Waals surface area contributed by atoms with Crippen LogP contribution in [-0.4, -0.2) is 0 Å². The maximum absolute atomic E-state index is 3.91. The molecular weight excluding hydrogens is 216 g/mol. The van der Waals surface area contributed by atoms with Crippen molar-refractivity contribution in [2.45, 2.75) is 26.2 Å². The molecule has 0 bridgehead atoms. The lowest BCUT2D eigenvalue weighted by Gasteiger charge is -2.25. The van der Waals surface area contributed by atoms with Crippen LogP contribution in [0.1, 0.15) is 31.9 Å². The third-order valence-electron chi connectivity index (χ3n) is 3.07. The lowest BCUT2D eigenvalue weighted by molar-refractivity contribution is 0.590. The highest BCUT2D eigenvalue weighted by Gasteiger charge is 2.21. The first kappa shape index (κ1) is 12.6. The van der Waals surface area contributed by atoms with E-state index in [1.807, 2.05) is 18.2 Å². The van der Waals surface area contributed by atoms with Crippen LogP contribution in [0.4, 0.5) is 0 Å². The highest BCUT2D eigenvalue weighted by Crippen LogP contribution is 2.35. The second kappa shape index (κ2) is 4.81. The third kappa shape index (κ3) is 2.38. The number of hydrogen-bond donors (Lipinski definition) is 0. The number of hydrogen-bond acceptors (Lipinski definition) is 0. The fraction of sp³-hybridized carbons (Fsp3) is 0.222. The molecule has 0 nitrogen and oxygen atoms in total. The van der Waals surface area contributed by atoms with Gasteiger partial charge in [-0.2, -0.15) is 0 Å². The van der Waals surface area contributed by atoms with Crippen LogP contribution in [0.5, 0.6) is 0 Å². The highest BCUT2D eigenvalue weighted by molar-refractivity contribution is 5.73. The van der Waals surface area contributed by atoms with Crippen LogP contribution in [0.15, 0.2) is 49.0 Å². The molecule has 0 heteroatoms. The Morgan fingerprint density at radius 2 is 1.72 bits per heavy atom. The molecule has 0 spiro atoms. The minimum atomic E-state index is 0.0759. The van der Waals surface area contributed by atoms with Gasteiger partial charge in [0.2, 0.25) is 0 Å². The van der Waals surface area contributed by atoms with E-state index in [1.54, 1.807) is 0 Å². The highest BCUT2D eigenvalue weighted by atomic mass is 14.2. The summed E-state index contributed by atoms with van der Waals surface area (Å²) in [6, 6.07) is 17.9. The van der Waals surface area contributed by atoms with Gasteiger partial charge in [0.15, 0.2) is 0 Å². The van der Waals surface area contributed by atoms with Crippen molar-refractivity contribution in [3.8, 4) is 11.1 Å². The Labute approximate surface area is 110 Å². The summed E-state index contributed by atoms with van der Waals surface area (Å²) in [5, 5.41) is 0. The van der Waals surface area contributed by atoms with Crippen molar-refractivity contribution in [3.63, 3.8) is 0 Å². The molecule has 0 aliphatic rings. The Morgan fingerprint density at radius 3 is 2.28 bits per heavy atom. The standard InChI is InChI=1S/C18H19/c1-5-14-12-9-13-16(17(14)18(2,3)4)15-10-7-6-8-11-15/h5-11,13H,1H2,2-4H3. The minimum Gasteiger partial charge on any atom is -0.0984 e. The van der Waals surface area contributed by atoms with Crippen molar-refractivity contribution in [2.75, 3.05) is 0 Å². The van der Waals surface area contributed by atoms with E-state index in [0.717, 1.165) is 5.56 Å². The second-order valence-electron chi connectivity index (χ2n) is 5.50. The van der Waals surface area contributed by atoms with E-state index in [0.29, 0.717) is 0 Å². The Bertz CT molecular complexity index is 542. The van der Waals surface area contributed by atoms with Gasteiger partial charge in [0.25, 0.3) is 0 Å². The van der Waals surface area contributed by atoms with Crippen molar-refractivity contribution >= 4 is 6.08 Å². The summed E-state index contributed by atoms with van der Waals surface area (Å²) in [4.78, 5) is 0. The zero-order valence-electron chi connectivity index (χ0n) is 11.3. The fourth-order valence-electron chi connectivity index (χ4n) is 2.34. The van der Waals surface area contributed by atoms with E-state index < -0.39 is 0 Å². The van der Waals surface area contributed by atoms with E-state index >= 15 is 0 Å². The van der Waals surface area contributed by atoms with E-state index in [9.17, 15) is 0 Å². The molecule has 0 aliphatic heterocycles. The molecule has 0 N–H and O–H groups in total. The molecule has 1 radical (unpaired) electrons. The Kier molecular flexibility index (Phi) is 3.38. The molecule has 0 amide bonds. The lowest BCUT2D eigenvalue weighted by atomic mass is 9.79. The predicted molar refractivity (Wildman–Crippen MR) is 79.5 cm³/mol. The summed E-state index contributed by atoms with van der Waals surface area (Å²) in [5.41, 5.74) is 5.01. The van der Waals surface area contributed by atoms with Crippen LogP contribution >= 0.6 is 0 Å². The zero-order valence-corrected chi connectivity index (χ0v) is 11.3. The molecule has 0 saturated heterocycles. The van der Waals surface area contributed by atoms with Crippen molar-refractivity contribution in [2.24, 2.45) is 0 Å². The SMILES string of the molecule is C=Cc1[c]ccc(-c2ccccc2)c1C(C)(C)C. The van der Waals surface area contributed by atoms with Crippen molar-refractivity contribution < 1.29 is 0 Å². The molecule has 0 heterocycles. The molecule has 0 unspecified atom stereocenters. The van der Waals surface area contributed by atoms with Crippen molar-refractivity contribution in [3.05, 3.63) is 66.2 Å². The van der Waals surface area contributed by atoms with Gasteiger partial charge in [-0.25, -0.2) is 0 Å². The summed E-state index contributed by atoms with van der Waals surface area (Å²) in [6.07, 6.45) is 1.90. The summed E-state index contributed by atoms with van der Waals surface area (Å²) >= 11 is 0. The van der Waals surface area contributed by atoms with Gasteiger partial charge in [0, 0.05) is 0 Å². The van der Waals surface area contributed by atoms with E-state index in [2.05, 4.69) is 63.7 Å². The van der Waals surface area contributed by atoms with Gasteiger partial charge in [-0.1, -0.05) is 75.9 Å². The maximum atomic E-state index is 3.91. The summed E-state index contributed by atoms with van der Waals surface area (Å²) in [5.74, 6) is 0. The van der Waals surface area contributed by atoms with Gasteiger partial charge in [-0.15, -0.1) is 0 Å². The average Bonchev–Trinajstić information content (AvgIpc) is 2.38. The van der Waals surface area contributed by atoms with Crippen LogP contribution in [0, 0.1) is 6.07 Å². The molecule has 0 atom stereocenters. The molecule has 0 fully saturated rings. The van der Waals surface area contributed by atoms with Gasteiger partial charge in [-0.3, -0.25) is 0 Å². The topological polar surface area (TPSA) is 0 Å². The van der Waals surface area contributed by atoms with E-state index in [-0.39, 0.29) is 5.41 Å². The van der Waals surface area contributed by atoms with Gasteiger partial charge in [0.1, 0.15) is 0 Å². The van der Waals surface area contributed by atoms with Crippen LogP contribution in [0.2, 0.25) is 0 Å². The first-order chi connectivity index (χ1) is 8.54. The van der Waals surface area contributed by atoms with Crippen LogP contribution in [0.25, 0.3) is 17.2 Å². The molecule has 0 aliphatic carbocycles. The van der Waals surface area contributed by atoms with Gasteiger partial charge >= 0.3 is 0 Å². The summed E-state index contributed by atoms with van der Waals surface area (Å²) in [7, 11) is 0. The fourth-order valence-corrected chi connectivity index (χ4v) is 2.34. The van der Waals surface area contributed by atoms with Gasteiger partial charge < -0.3 is 0 Å². The van der Waals surface area contributed by atoms with E-state index in [4.69, 9.17) is 0 Å². The Hall–Kier alpha value is -1.82. The molecule has 2 aromatic carbocycles. The van der Waals surface area contributed by atoms with Crippen LogP contribution in [-0.2, 0) is 5.41 Å². The third-order valence-corrected chi connectivity index (χ3v) is 3.07. The molecule has 0 aromatic heterocycles. The predicted octanol–water partition coefficient (Wildman–Crippen LogP) is 5.09. The first-order valence-electron chi connectivity index (χ1n) is 6.27. The van der Waals surface area contributed by atoms with Gasteiger partial charge in [0.05, 0.1) is 0 Å². The molecule has 2 aromatic rings. The van der Waals surface area contributed by atoms with Crippen LogP contribution < -0.4 is 0 Å². The minimum absolute atomic E-state index is 0.0759. The molecule has 2 rings (SSSR count). The maximum Gasteiger partial charge on any atom is -0.0102 e. The quantitative estimate of drug-likeness (QED) is 0.679. The largest absolute Gasteiger partial charge is 0.0984 e. The number of rotatable bonds is 2. The van der Waals surface area contributed by atoms with Crippen LogP contribution in [0.3, 0.4) is 0 Å². The molecule has 91 valence electrons. The first-order valence-corrected chi connectivity index (χ1v) is 6.27. The monoisotopic (exact) mass is 235 g/mol. The number of benzene rings is 2. The molecular formula is C18H19. The zero-order chi connectivity index (χ0) is 13.2. The summed E-state index contributed by atoms with van der Waals surface area (Å²) in [6.45, 7) is 10.6. The molecule has 0 saturated carbocycles. The Morgan fingerprint density at radius 1 is 1.06 bits per heavy atom. The van der Waals surface area contributed by atoms with Crippen molar-refractivity contribution in [1.29, 1.82) is 0 Å². The normalized spacial score (nSPS) is 11.3. The van der Waals surface area contributed by atoms with Crippen molar-refractivity contribution in [1.82, 2.24) is 0 Å².